The third-order valence-electron chi connectivity index (χ3n) is 8.32. The highest BCUT2D eigenvalue weighted by atomic mass is 16.7. The summed E-state index contributed by atoms with van der Waals surface area (Å²) in [6.07, 6.45) is -9.71. The Balaban J connectivity index is 2.32. The van der Waals surface area contributed by atoms with Gasteiger partial charge in [-0.05, 0) is 43.0 Å². The van der Waals surface area contributed by atoms with E-state index in [1.54, 1.807) is 20.8 Å². The van der Waals surface area contributed by atoms with Crippen LogP contribution in [0.5, 0.6) is 5.75 Å². The van der Waals surface area contributed by atoms with Crippen LogP contribution in [0.1, 0.15) is 65.4 Å². The fraction of sp³-hybridized carbons (Fsp3) is 0.583. The number of ketones is 1. The van der Waals surface area contributed by atoms with Crippen molar-refractivity contribution in [1.82, 2.24) is 16.0 Å². The summed E-state index contributed by atoms with van der Waals surface area (Å²) in [7, 11) is 0. The van der Waals surface area contributed by atoms with Gasteiger partial charge in [0.05, 0.1) is 18.9 Å². The third-order valence-corrected chi connectivity index (χ3v) is 8.32. The summed E-state index contributed by atoms with van der Waals surface area (Å²) in [4.78, 5) is 86.5. The first-order chi connectivity index (χ1) is 26.4. The summed E-state index contributed by atoms with van der Waals surface area (Å²) >= 11 is 0. The Morgan fingerprint density at radius 3 is 2.25 bits per heavy atom. The molecule has 1 fully saturated rings. The van der Waals surface area contributed by atoms with Crippen molar-refractivity contribution < 1.29 is 72.9 Å². The number of Topliss-reactive ketones (excluding diaryl/α,β-unsaturated/α-hetero) is 1. The number of amides is 5. The van der Waals surface area contributed by atoms with Crippen molar-refractivity contribution in [3.05, 3.63) is 35.9 Å². The SMILES string of the molecule is C=C(C)[C@H](NC(=O)CCOCCC(=O)C(C)C)C(=O)N[C@@H](CCCNC(N)=O)C(=O)Nc1ccc(COC(=O)CC)cc1O[C@@H]1O[C@H](C(=O)O)[C@@H](O)[C@H](O)[C@H]1O. The van der Waals surface area contributed by atoms with Crippen molar-refractivity contribution in [2.75, 3.05) is 25.1 Å². The molecule has 312 valence electrons. The zero-order valence-electron chi connectivity index (χ0n) is 31.8. The minimum absolute atomic E-state index is 0.0134. The molecule has 56 heavy (non-hydrogen) atoms. The second kappa shape index (κ2) is 23.0. The van der Waals surface area contributed by atoms with E-state index in [1.165, 1.54) is 25.1 Å². The number of aliphatic hydroxyl groups excluding tert-OH is 3. The molecule has 1 aliphatic rings. The Morgan fingerprint density at radius 2 is 1.64 bits per heavy atom. The van der Waals surface area contributed by atoms with Gasteiger partial charge in [0.25, 0.3) is 0 Å². The standard InChI is InChI=1S/C36H53N5O15/c1-6-26(44)54-17-20-9-10-21(24(16-20)55-35-30(47)28(45)29(46)31(56-35)34(50)51)39-32(48)22(8-7-13-38-36(37)52)40-33(49)27(19(4)5)41-25(43)12-15-53-14-11-23(42)18(2)3/h9-10,16,18,22,27-31,35,45-47H,4,6-8,11-15,17H2,1-3,5H3,(H,39,48)(H,40,49)(H,41,43)(H,50,51)(H3,37,38,52)/t22-,27-,28-,29-,30+,31-,35+/m0/s1. The van der Waals surface area contributed by atoms with Gasteiger partial charge in [-0.3, -0.25) is 24.0 Å². The first-order valence-electron chi connectivity index (χ1n) is 17.9. The number of urea groups is 1. The summed E-state index contributed by atoms with van der Waals surface area (Å²) in [6, 6.07) is 0.609. The van der Waals surface area contributed by atoms with Gasteiger partial charge in [-0.15, -0.1) is 0 Å². The summed E-state index contributed by atoms with van der Waals surface area (Å²) in [5, 5.41) is 50.5. The first-order valence-corrected chi connectivity index (χ1v) is 17.9. The molecule has 1 aromatic rings. The molecule has 0 aliphatic carbocycles. The lowest BCUT2D eigenvalue weighted by molar-refractivity contribution is -0.271. The predicted octanol–water partition coefficient (Wildman–Crippen LogP) is -0.635. The molecule has 2 rings (SSSR count). The highest BCUT2D eigenvalue weighted by Gasteiger charge is 2.48. The van der Waals surface area contributed by atoms with E-state index in [4.69, 9.17) is 24.7 Å². The summed E-state index contributed by atoms with van der Waals surface area (Å²) in [5.41, 5.74) is 5.57. The van der Waals surface area contributed by atoms with Crippen LogP contribution in [0.25, 0.3) is 0 Å². The van der Waals surface area contributed by atoms with Crippen LogP contribution in [0.3, 0.4) is 0 Å². The molecule has 0 bridgehead atoms. The van der Waals surface area contributed by atoms with Crippen molar-refractivity contribution in [3.8, 4) is 5.75 Å². The van der Waals surface area contributed by atoms with Crippen LogP contribution in [-0.4, -0.2) is 124 Å². The molecule has 7 atom stereocenters. The van der Waals surface area contributed by atoms with E-state index in [1.807, 2.05) is 0 Å². The number of benzene rings is 1. The molecule has 0 spiro atoms. The zero-order valence-corrected chi connectivity index (χ0v) is 31.8. The van der Waals surface area contributed by atoms with Gasteiger partial charge in [0.2, 0.25) is 24.0 Å². The number of hydrogen-bond acceptors (Lipinski definition) is 14. The molecular formula is C36H53N5O15. The fourth-order valence-corrected chi connectivity index (χ4v) is 5.03. The average Bonchev–Trinajstić information content (AvgIpc) is 3.14. The highest BCUT2D eigenvalue weighted by molar-refractivity contribution is 6.00. The number of anilines is 1. The van der Waals surface area contributed by atoms with Gasteiger partial charge in [0, 0.05) is 31.7 Å². The van der Waals surface area contributed by atoms with Crippen LogP contribution in [0.2, 0.25) is 0 Å². The molecule has 1 saturated heterocycles. The lowest BCUT2D eigenvalue weighted by atomic mass is 9.99. The van der Waals surface area contributed by atoms with Gasteiger partial charge in [0.1, 0.15) is 48.5 Å². The Hall–Kier alpha value is -5.15. The minimum Gasteiger partial charge on any atom is -0.479 e. The molecule has 10 N–H and O–H groups in total. The number of hydrogen-bond donors (Lipinski definition) is 9. The fourth-order valence-electron chi connectivity index (χ4n) is 5.03. The number of rotatable bonds is 23. The van der Waals surface area contributed by atoms with Crippen LogP contribution >= 0.6 is 0 Å². The number of carbonyl (C=O) groups excluding carboxylic acids is 6. The van der Waals surface area contributed by atoms with E-state index in [0.29, 0.717) is 5.56 Å². The summed E-state index contributed by atoms with van der Waals surface area (Å²) < 4.78 is 21.5. The normalized spacial score (nSPS) is 20.2. The number of esters is 1. The van der Waals surface area contributed by atoms with E-state index < -0.39 is 78.5 Å². The maximum atomic E-state index is 13.8. The molecule has 0 aromatic heterocycles. The van der Waals surface area contributed by atoms with Crippen LogP contribution in [0.4, 0.5) is 10.5 Å². The number of aliphatic carboxylic acids is 1. The number of carboxylic acid groups (broad SMARTS) is 1. The largest absolute Gasteiger partial charge is 0.479 e. The van der Waals surface area contributed by atoms with Gasteiger partial charge in [0.15, 0.2) is 6.10 Å². The molecule has 5 amide bonds. The Kier molecular flexibility index (Phi) is 19.3. The van der Waals surface area contributed by atoms with E-state index in [-0.39, 0.29) is 87.2 Å². The zero-order chi connectivity index (χ0) is 42.1. The lowest BCUT2D eigenvalue weighted by Gasteiger charge is -2.38. The van der Waals surface area contributed by atoms with Crippen molar-refractivity contribution in [2.24, 2.45) is 11.7 Å². The lowest BCUT2D eigenvalue weighted by Crippen LogP contribution is -2.61. The maximum absolute atomic E-state index is 13.8. The van der Waals surface area contributed by atoms with Gasteiger partial charge >= 0.3 is 18.0 Å². The molecule has 20 heteroatoms. The van der Waals surface area contributed by atoms with E-state index >= 15 is 0 Å². The number of aliphatic hydroxyl groups is 3. The maximum Gasteiger partial charge on any atom is 0.335 e. The summed E-state index contributed by atoms with van der Waals surface area (Å²) in [5.74, 6) is -4.82. The number of nitrogens with two attached hydrogens (primary N) is 1. The number of nitrogens with one attached hydrogen (secondary N) is 4. The number of ether oxygens (including phenoxy) is 4. The highest BCUT2D eigenvalue weighted by Crippen LogP contribution is 2.31. The molecule has 20 nitrogen and oxygen atoms in total. The predicted molar refractivity (Wildman–Crippen MR) is 195 cm³/mol. The van der Waals surface area contributed by atoms with Crippen molar-refractivity contribution >= 4 is 47.2 Å². The third kappa shape index (κ3) is 15.2. The van der Waals surface area contributed by atoms with E-state index in [2.05, 4.69) is 27.8 Å². The number of carboxylic acids is 1. The van der Waals surface area contributed by atoms with Crippen LogP contribution < -0.4 is 31.7 Å². The van der Waals surface area contributed by atoms with E-state index in [0.717, 1.165) is 0 Å². The minimum atomic E-state index is -2.01. The van der Waals surface area contributed by atoms with Crippen molar-refractivity contribution in [3.63, 3.8) is 0 Å². The molecule has 1 aromatic carbocycles. The van der Waals surface area contributed by atoms with Gasteiger partial charge in [-0.1, -0.05) is 33.4 Å². The van der Waals surface area contributed by atoms with Gasteiger partial charge in [-0.2, -0.15) is 0 Å². The van der Waals surface area contributed by atoms with Gasteiger partial charge < -0.3 is 66.4 Å². The monoisotopic (exact) mass is 795 g/mol. The second-order valence-electron chi connectivity index (χ2n) is 13.3. The van der Waals surface area contributed by atoms with E-state index in [9.17, 15) is 54.0 Å². The summed E-state index contributed by atoms with van der Waals surface area (Å²) in [6.45, 7) is 10.2. The number of primary amides is 1. The van der Waals surface area contributed by atoms with Crippen LogP contribution in [-0.2, 0) is 49.6 Å². The van der Waals surface area contributed by atoms with Crippen molar-refractivity contribution in [2.45, 2.75) is 109 Å². The smallest absolute Gasteiger partial charge is 0.335 e. The topological polar surface area (TPSA) is 311 Å². The molecular weight excluding hydrogens is 742 g/mol. The Labute approximate surface area is 323 Å². The Bertz CT molecular complexity index is 1570. The number of carbonyl (C=O) groups is 7. The first kappa shape index (κ1) is 47.0. The molecule has 0 saturated carbocycles. The van der Waals surface area contributed by atoms with Crippen LogP contribution in [0.15, 0.2) is 30.4 Å². The molecule has 0 unspecified atom stereocenters. The Morgan fingerprint density at radius 1 is 0.964 bits per heavy atom. The average molecular weight is 796 g/mol. The molecule has 0 radical (unpaired) electrons. The molecule has 1 heterocycles. The van der Waals surface area contributed by atoms with Crippen molar-refractivity contribution in [1.29, 1.82) is 0 Å². The van der Waals surface area contributed by atoms with Crippen LogP contribution in [0, 0.1) is 5.92 Å². The second-order valence-corrected chi connectivity index (χ2v) is 13.3. The quantitative estimate of drug-likeness (QED) is 0.0378. The molecule has 1 aliphatic heterocycles. The van der Waals surface area contributed by atoms with Gasteiger partial charge in [-0.25, -0.2) is 9.59 Å².